The third-order valence-electron chi connectivity index (χ3n) is 3.44. The Labute approximate surface area is 128 Å². The molecule has 0 aliphatic heterocycles. The quantitative estimate of drug-likeness (QED) is 0.624. The van der Waals surface area contributed by atoms with E-state index in [1.54, 1.807) is 24.3 Å². The van der Waals surface area contributed by atoms with Crippen LogP contribution in [-0.4, -0.2) is 41.2 Å². The van der Waals surface area contributed by atoms with Gasteiger partial charge in [-0.1, -0.05) is 0 Å². The molecule has 120 valence electrons. The van der Waals surface area contributed by atoms with E-state index in [0.717, 1.165) is 26.1 Å². The lowest BCUT2D eigenvalue weighted by atomic mass is 10.3. The average molecular weight is 315 g/mol. The summed E-state index contributed by atoms with van der Waals surface area (Å²) in [5.74, 6) is 0.682. The Morgan fingerprint density at radius 1 is 1.10 bits per heavy atom. The molecule has 0 fully saturated rings. The van der Waals surface area contributed by atoms with E-state index in [2.05, 4.69) is 18.6 Å². The van der Waals surface area contributed by atoms with E-state index in [0.29, 0.717) is 18.9 Å². The van der Waals surface area contributed by atoms with Gasteiger partial charge in [-0.25, -0.2) is 13.1 Å². The summed E-state index contributed by atoms with van der Waals surface area (Å²) < 4.78 is 32.2. The van der Waals surface area contributed by atoms with Gasteiger partial charge in [0.15, 0.2) is 0 Å². The van der Waals surface area contributed by atoms with Gasteiger partial charge in [0.05, 0.1) is 31.1 Å². The Bertz CT molecular complexity index is 496. The van der Waals surface area contributed by atoms with Gasteiger partial charge in [-0.3, -0.25) is 0 Å². The molecule has 0 saturated heterocycles. The zero-order chi connectivity index (χ0) is 15.7. The Hall–Kier alpha value is -1.11. The zero-order valence-electron chi connectivity index (χ0n) is 13.2. The maximum Gasteiger partial charge on any atom is 0.240 e. The monoisotopic (exact) mass is 315 g/mol. The van der Waals surface area contributed by atoms with Crippen molar-refractivity contribution in [1.82, 2.24) is 4.72 Å². The topological polar surface area (TPSA) is 59.8 Å². The molecule has 0 atom stereocenters. The normalized spacial score (nSPS) is 11.8. The SMILES string of the molecule is CCOc1ccc(S(=O)(=O)NCCC[NH+](CC)CC)cc1. The van der Waals surface area contributed by atoms with E-state index >= 15 is 0 Å². The summed E-state index contributed by atoms with van der Waals surface area (Å²) in [5.41, 5.74) is 0. The van der Waals surface area contributed by atoms with E-state index in [9.17, 15) is 8.42 Å². The fraction of sp³-hybridized carbons (Fsp3) is 0.600. The molecule has 1 aromatic carbocycles. The van der Waals surface area contributed by atoms with Gasteiger partial charge in [-0.2, -0.15) is 0 Å². The smallest absolute Gasteiger partial charge is 0.240 e. The third kappa shape index (κ3) is 6.03. The van der Waals surface area contributed by atoms with Gasteiger partial charge < -0.3 is 9.64 Å². The fourth-order valence-corrected chi connectivity index (χ4v) is 3.19. The average Bonchev–Trinajstić information content (AvgIpc) is 2.48. The highest BCUT2D eigenvalue weighted by molar-refractivity contribution is 7.89. The first-order valence-electron chi connectivity index (χ1n) is 7.59. The van der Waals surface area contributed by atoms with Crippen LogP contribution in [0.1, 0.15) is 27.2 Å². The van der Waals surface area contributed by atoms with Crippen molar-refractivity contribution < 1.29 is 18.1 Å². The Balaban J connectivity index is 2.49. The maximum absolute atomic E-state index is 12.1. The number of quaternary nitrogens is 1. The minimum absolute atomic E-state index is 0.279. The molecule has 21 heavy (non-hydrogen) atoms. The van der Waals surface area contributed by atoms with Gasteiger partial charge in [0, 0.05) is 13.0 Å². The van der Waals surface area contributed by atoms with Gasteiger partial charge in [-0.05, 0) is 45.0 Å². The van der Waals surface area contributed by atoms with Crippen LogP contribution in [-0.2, 0) is 10.0 Å². The standard InChI is InChI=1S/C15H26N2O3S/c1-4-17(5-2)13-7-12-16-21(18,19)15-10-8-14(9-11-15)20-6-3/h8-11,16H,4-7,12-13H2,1-3H3/p+1. The van der Waals surface area contributed by atoms with Crippen LogP contribution >= 0.6 is 0 Å². The minimum atomic E-state index is -3.42. The highest BCUT2D eigenvalue weighted by atomic mass is 32.2. The van der Waals surface area contributed by atoms with Crippen molar-refractivity contribution in [3.8, 4) is 5.75 Å². The molecule has 0 saturated carbocycles. The summed E-state index contributed by atoms with van der Waals surface area (Å²) in [4.78, 5) is 1.76. The van der Waals surface area contributed by atoms with E-state index in [1.165, 1.54) is 4.90 Å². The predicted molar refractivity (Wildman–Crippen MR) is 84.3 cm³/mol. The second kappa shape index (κ2) is 9.02. The molecular weight excluding hydrogens is 288 g/mol. The number of ether oxygens (including phenoxy) is 1. The summed E-state index contributed by atoms with van der Waals surface area (Å²) in [6.45, 7) is 10.3. The lowest BCUT2D eigenvalue weighted by molar-refractivity contribution is -0.896. The maximum atomic E-state index is 12.1. The number of benzene rings is 1. The van der Waals surface area contributed by atoms with Crippen molar-refractivity contribution >= 4 is 10.0 Å². The van der Waals surface area contributed by atoms with Gasteiger partial charge in [0.2, 0.25) is 10.0 Å². The van der Waals surface area contributed by atoms with Crippen LogP contribution in [0.15, 0.2) is 29.2 Å². The molecule has 0 unspecified atom stereocenters. The van der Waals surface area contributed by atoms with Crippen LogP contribution in [0.2, 0.25) is 0 Å². The Morgan fingerprint density at radius 3 is 2.24 bits per heavy atom. The number of nitrogens with one attached hydrogen (secondary N) is 2. The number of hydrogen-bond donors (Lipinski definition) is 2. The first-order chi connectivity index (χ1) is 10.0. The second-order valence-electron chi connectivity index (χ2n) is 4.86. The van der Waals surface area contributed by atoms with E-state index in [-0.39, 0.29) is 4.90 Å². The van der Waals surface area contributed by atoms with E-state index in [1.807, 2.05) is 6.92 Å². The molecule has 1 aromatic rings. The summed E-state index contributed by atoms with van der Waals surface area (Å²) in [7, 11) is -3.42. The highest BCUT2D eigenvalue weighted by Gasteiger charge is 2.13. The molecule has 0 aromatic heterocycles. The Kier molecular flexibility index (Phi) is 7.71. The van der Waals surface area contributed by atoms with Crippen LogP contribution in [0, 0.1) is 0 Å². The van der Waals surface area contributed by atoms with Crippen molar-refractivity contribution in [2.45, 2.75) is 32.1 Å². The molecule has 2 N–H and O–H groups in total. The molecule has 0 amide bonds. The van der Waals surface area contributed by atoms with Gasteiger partial charge in [0.1, 0.15) is 5.75 Å². The molecule has 1 rings (SSSR count). The first-order valence-corrected chi connectivity index (χ1v) is 9.07. The summed E-state index contributed by atoms with van der Waals surface area (Å²) in [6.07, 6.45) is 0.841. The van der Waals surface area contributed by atoms with E-state index in [4.69, 9.17) is 4.74 Å². The molecule has 0 spiro atoms. The van der Waals surface area contributed by atoms with Crippen LogP contribution < -0.4 is 14.4 Å². The van der Waals surface area contributed by atoms with E-state index < -0.39 is 10.0 Å². The molecule has 5 nitrogen and oxygen atoms in total. The van der Waals surface area contributed by atoms with Crippen LogP contribution in [0.5, 0.6) is 5.75 Å². The largest absolute Gasteiger partial charge is 0.494 e. The zero-order valence-corrected chi connectivity index (χ0v) is 14.0. The predicted octanol–water partition coefficient (Wildman–Crippen LogP) is 0.678. The molecule has 6 heteroatoms. The van der Waals surface area contributed by atoms with Gasteiger partial charge >= 0.3 is 0 Å². The van der Waals surface area contributed by atoms with Gasteiger partial charge in [0.25, 0.3) is 0 Å². The highest BCUT2D eigenvalue weighted by Crippen LogP contribution is 2.15. The number of rotatable bonds is 10. The first kappa shape index (κ1) is 17.9. The van der Waals surface area contributed by atoms with Crippen molar-refractivity contribution in [1.29, 1.82) is 0 Å². The van der Waals surface area contributed by atoms with Crippen molar-refractivity contribution in [3.05, 3.63) is 24.3 Å². The molecule has 0 bridgehead atoms. The third-order valence-corrected chi connectivity index (χ3v) is 4.92. The Morgan fingerprint density at radius 2 is 1.71 bits per heavy atom. The molecule has 0 heterocycles. The van der Waals surface area contributed by atoms with Crippen LogP contribution in [0.4, 0.5) is 0 Å². The van der Waals surface area contributed by atoms with Crippen LogP contribution in [0.25, 0.3) is 0 Å². The molecular formula is C15H27N2O3S+. The number of sulfonamides is 1. The summed E-state index contributed by atoms with van der Waals surface area (Å²) >= 11 is 0. The number of hydrogen-bond acceptors (Lipinski definition) is 3. The van der Waals surface area contributed by atoms with Crippen molar-refractivity contribution in [2.75, 3.05) is 32.8 Å². The van der Waals surface area contributed by atoms with Crippen molar-refractivity contribution in [3.63, 3.8) is 0 Å². The minimum Gasteiger partial charge on any atom is -0.494 e. The fourth-order valence-electron chi connectivity index (χ4n) is 2.11. The second-order valence-corrected chi connectivity index (χ2v) is 6.63. The molecule has 0 aliphatic carbocycles. The summed E-state index contributed by atoms with van der Waals surface area (Å²) in [5, 5.41) is 0. The van der Waals surface area contributed by atoms with Gasteiger partial charge in [-0.15, -0.1) is 0 Å². The molecule has 0 aliphatic rings. The molecule has 0 radical (unpaired) electrons. The lowest BCUT2D eigenvalue weighted by Crippen LogP contribution is -3.11. The lowest BCUT2D eigenvalue weighted by Gasteiger charge is -2.15. The summed E-state index contributed by atoms with van der Waals surface area (Å²) in [6, 6.07) is 6.50. The van der Waals surface area contributed by atoms with Crippen molar-refractivity contribution in [2.24, 2.45) is 0 Å². The van der Waals surface area contributed by atoms with Crippen LogP contribution in [0.3, 0.4) is 0 Å².